The van der Waals surface area contributed by atoms with Crippen molar-refractivity contribution in [3.05, 3.63) is 4.91 Å². The maximum Gasteiger partial charge on any atom is 0.308 e. The highest BCUT2D eigenvalue weighted by Crippen LogP contribution is 2.05. The largest absolute Gasteiger partial charge is 0.462 e. The van der Waals surface area contributed by atoms with Crippen molar-refractivity contribution in [1.29, 1.82) is 0 Å². The molecule has 0 rings (SSSR count). The van der Waals surface area contributed by atoms with Crippen LogP contribution in [-0.4, -0.2) is 65.7 Å². The summed E-state index contributed by atoms with van der Waals surface area (Å²) in [5, 5.41) is 20.9. The summed E-state index contributed by atoms with van der Waals surface area (Å²) in [6.07, 6.45) is -3.64. The van der Waals surface area contributed by atoms with Gasteiger partial charge >= 0.3 is 17.9 Å². The van der Waals surface area contributed by atoms with E-state index in [2.05, 4.69) is 5.18 Å². The Bertz CT molecular complexity index is 450. The number of hydrogen-bond donors (Lipinski definition) is 2. The Hall–Kier alpha value is -2.07. The van der Waals surface area contributed by atoms with Gasteiger partial charge in [-0.3, -0.25) is 14.4 Å². The van der Waals surface area contributed by atoms with Crippen molar-refractivity contribution >= 4 is 17.9 Å². The SMILES string of the molecule is C[C@H](CC(=O)OCC(COC(=O)C[C@@H](C)O)OC(=O)C[C@@H](C)O)N=O. The van der Waals surface area contributed by atoms with Crippen LogP contribution in [0.5, 0.6) is 0 Å². The second-order valence-corrected chi connectivity index (χ2v) is 5.74. The molecule has 0 aliphatic rings. The van der Waals surface area contributed by atoms with Crippen molar-refractivity contribution in [1.82, 2.24) is 0 Å². The number of rotatable bonds is 12. The molecule has 0 bridgehead atoms. The lowest BCUT2D eigenvalue weighted by atomic mass is 10.2. The number of carbonyl (C=O) groups is 3. The quantitative estimate of drug-likeness (QED) is 0.279. The Kier molecular flexibility index (Phi) is 11.3. The fourth-order valence-electron chi connectivity index (χ4n) is 1.60. The van der Waals surface area contributed by atoms with E-state index in [9.17, 15) is 19.3 Å². The van der Waals surface area contributed by atoms with E-state index in [1.54, 1.807) is 0 Å². The summed E-state index contributed by atoms with van der Waals surface area (Å²) in [5.41, 5.74) is 0. The van der Waals surface area contributed by atoms with Crippen molar-refractivity contribution in [2.75, 3.05) is 13.2 Å². The smallest absolute Gasteiger partial charge is 0.308 e. The van der Waals surface area contributed by atoms with E-state index in [4.69, 9.17) is 24.4 Å². The van der Waals surface area contributed by atoms with Gasteiger partial charge in [-0.2, -0.15) is 4.91 Å². The molecule has 0 saturated carbocycles. The van der Waals surface area contributed by atoms with Gasteiger partial charge in [0.25, 0.3) is 0 Å². The van der Waals surface area contributed by atoms with Crippen LogP contribution in [0, 0.1) is 4.91 Å². The van der Waals surface area contributed by atoms with Crippen molar-refractivity contribution in [3.63, 3.8) is 0 Å². The van der Waals surface area contributed by atoms with Crippen LogP contribution in [0.15, 0.2) is 5.18 Å². The number of nitroso groups, excluding NO2 is 1. The molecule has 0 aliphatic carbocycles. The first kappa shape index (κ1) is 22.9. The van der Waals surface area contributed by atoms with Crippen LogP contribution in [0.1, 0.15) is 40.0 Å². The third kappa shape index (κ3) is 13.0. The molecule has 144 valence electrons. The van der Waals surface area contributed by atoms with Crippen molar-refractivity contribution < 1.29 is 38.8 Å². The normalized spacial score (nSPS) is 15.4. The summed E-state index contributed by atoms with van der Waals surface area (Å²) in [7, 11) is 0. The molecule has 0 amide bonds. The summed E-state index contributed by atoms with van der Waals surface area (Å²) in [6, 6.07) is -0.757. The topological polar surface area (TPSA) is 149 Å². The second-order valence-electron chi connectivity index (χ2n) is 5.74. The Morgan fingerprint density at radius 3 is 1.72 bits per heavy atom. The highest BCUT2D eigenvalue weighted by molar-refractivity contribution is 5.71. The maximum atomic E-state index is 11.6. The Balaban J connectivity index is 4.55. The third-order valence-electron chi connectivity index (χ3n) is 2.72. The first-order chi connectivity index (χ1) is 11.6. The van der Waals surface area contributed by atoms with Gasteiger partial charge in [0.1, 0.15) is 13.2 Å². The van der Waals surface area contributed by atoms with Crippen LogP contribution < -0.4 is 0 Å². The molecule has 0 saturated heterocycles. The molecular weight excluding hydrogens is 338 g/mol. The zero-order valence-corrected chi connectivity index (χ0v) is 14.5. The van der Waals surface area contributed by atoms with Crippen LogP contribution in [0.2, 0.25) is 0 Å². The summed E-state index contributed by atoms with van der Waals surface area (Å²) < 4.78 is 14.7. The van der Waals surface area contributed by atoms with Gasteiger partial charge in [-0.1, -0.05) is 5.18 Å². The van der Waals surface area contributed by atoms with E-state index in [1.165, 1.54) is 20.8 Å². The summed E-state index contributed by atoms with van der Waals surface area (Å²) >= 11 is 0. The molecule has 1 unspecified atom stereocenters. The molecule has 0 aromatic carbocycles. The van der Waals surface area contributed by atoms with Gasteiger partial charge in [-0.25, -0.2) is 0 Å². The molecule has 0 spiro atoms. The van der Waals surface area contributed by atoms with Crippen LogP contribution in [0.25, 0.3) is 0 Å². The molecule has 4 atom stereocenters. The minimum Gasteiger partial charge on any atom is -0.462 e. The lowest BCUT2D eigenvalue weighted by Crippen LogP contribution is -2.32. The fraction of sp³-hybridized carbons (Fsp3) is 0.800. The van der Waals surface area contributed by atoms with Crippen molar-refractivity contribution in [2.24, 2.45) is 5.18 Å². The second kappa shape index (κ2) is 12.3. The zero-order valence-electron chi connectivity index (χ0n) is 14.5. The third-order valence-corrected chi connectivity index (χ3v) is 2.72. The first-order valence-corrected chi connectivity index (χ1v) is 7.83. The van der Waals surface area contributed by atoms with Crippen LogP contribution in [0.3, 0.4) is 0 Å². The van der Waals surface area contributed by atoms with Gasteiger partial charge in [-0.15, -0.1) is 0 Å². The van der Waals surface area contributed by atoms with E-state index in [0.29, 0.717) is 0 Å². The Morgan fingerprint density at radius 1 is 0.840 bits per heavy atom. The van der Waals surface area contributed by atoms with Gasteiger partial charge in [0.2, 0.25) is 0 Å². The summed E-state index contributed by atoms with van der Waals surface area (Å²) in [6.45, 7) is 3.47. The van der Waals surface area contributed by atoms with Gasteiger partial charge in [-0.05, 0) is 20.8 Å². The molecule has 25 heavy (non-hydrogen) atoms. The molecule has 0 radical (unpaired) electrons. The minimum atomic E-state index is -1.08. The molecule has 0 aromatic heterocycles. The van der Waals surface area contributed by atoms with Crippen molar-refractivity contribution in [3.8, 4) is 0 Å². The lowest BCUT2D eigenvalue weighted by molar-refractivity contribution is -0.168. The van der Waals surface area contributed by atoms with E-state index >= 15 is 0 Å². The summed E-state index contributed by atoms with van der Waals surface area (Å²) in [5.74, 6) is -2.19. The zero-order chi connectivity index (χ0) is 19.4. The number of carbonyl (C=O) groups excluding carboxylic acids is 3. The number of nitrogens with zero attached hydrogens (tertiary/aromatic N) is 1. The van der Waals surface area contributed by atoms with Crippen LogP contribution >= 0.6 is 0 Å². The number of ether oxygens (including phenoxy) is 3. The molecule has 0 aromatic rings. The van der Waals surface area contributed by atoms with E-state index in [0.717, 1.165) is 0 Å². The monoisotopic (exact) mass is 363 g/mol. The van der Waals surface area contributed by atoms with Gasteiger partial charge in [0, 0.05) is 0 Å². The van der Waals surface area contributed by atoms with Crippen molar-refractivity contribution in [2.45, 2.75) is 64.4 Å². The van der Waals surface area contributed by atoms with Gasteiger partial charge in [0.05, 0.1) is 37.5 Å². The van der Waals surface area contributed by atoms with E-state index in [1.807, 2.05) is 0 Å². The fourth-order valence-corrected chi connectivity index (χ4v) is 1.60. The molecule has 0 fully saturated rings. The Morgan fingerprint density at radius 2 is 1.28 bits per heavy atom. The van der Waals surface area contributed by atoms with Crippen LogP contribution in [0.4, 0.5) is 0 Å². The molecule has 0 heterocycles. The molecule has 10 nitrogen and oxygen atoms in total. The highest BCUT2D eigenvalue weighted by Gasteiger charge is 2.21. The number of hydrogen-bond acceptors (Lipinski definition) is 10. The number of aliphatic hydroxyl groups excluding tert-OH is 2. The van der Waals surface area contributed by atoms with Crippen LogP contribution in [-0.2, 0) is 28.6 Å². The number of aliphatic hydroxyl groups is 2. The minimum absolute atomic E-state index is 0.236. The number of esters is 3. The van der Waals surface area contributed by atoms with E-state index in [-0.39, 0.29) is 25.9 Å². The molecule has 2 N–H and O–H groups in total. The Labute approximate surface area is 145 Å². The average molecular weight is 363 g/mol. The maximum absolute atomic E-state index is 11.6. The predicted molar refractivity (Wildman–Crippen MR) is 84.3 cm³/mol. The van der Waals surface area contributed by atoms with Gasteiger partial charge < -0.3 is 24.4 Å². The lowest BCUT2D eigenvalue weighted by Gasteiger charge is -2.19. The molecular formula is C15H25NO9. The standard InChI is InChI=1S/C15H25NO9/c1-9(16-22)4-13(19)23-7-12(25-15(21)6-11(3)18)8-24-14(20)5-10(2)17/h9-12,17-18H,4-8H2,1-3H3/t9-,10-,11-,12?/m1/s1. The molecule has 0 aliphatic heterocycles. The first-order valence-electron chi connectivity index (χ1n) is 7.83. The molecule has 10 heteroatoms. The van der Waals surface area contributed by atoms with E-state index < -0.39 is 48.9 Å². The average Bonchev–Trinajstić information content (AvgIpc) is 2.48. The highest BCUT2D eigenvalue weighted by atomic mass is 16.6. The van der Waals surface area contributed by atoms with Gasteiger partial charge in [0.15, 0.2) is 6.10 Å². The summed E-state index contributed by atoms with van der Waals surface area (Å²) in [4.78, 5) is 44.8. The predicted octanol–water partition coefficient (Wildman–Crippen LogP) is 0.0714.